The fourth-order valence-corrected chi connectivity index (χ4v) is 3.41. The van der Waals surface area contributed by atoms with Gasteiger partial charge in [-0.15, -0.1) is 0 Å². The van der Waals surface area contributed by atoms with Gasteiger partial charge < -0.3 is 0 Å². The van der Waals surface area contributed by atoms with Gasteiger partial charge in [-0.25, -0.2) is 8.42 Å². The lowest BCUT2D eigenvalue weighted by Crippen LogP contribution is -2.15. The van der Waals surface area contributed by atoms with Crippen LogP contribution >= 0.6 is 0 Å². The molecule has 23 heavy (non-hydrogen) atoms. The normalized spacial score (nSPS) is 11.5. The van der Waals surface area contributed by atoms with Crippen molar-refractivity contribution in [2.75, 3.05) is 4.72 Å². The molecule has 6 nitrogen and oxygen atoms in total. The van der Waals surface area contributed by atoms with Gasteiger partial charge in [0.1, 0.15) is 0 Å². The number of hydrogen-bond donors (Lipinski definition) is 1. The lowest BCUT2D eigenvalue weighted by atomic mass is 9.99. The summed E-state index contributed by atoms with van der Waals surface area (Å²) in [7, 11) is -3.81. The number of non-ortho nitro benzene ring substituents is 1. The first-order chi connectivity index (χ1) is 10.7. The van der Waals surface area contributed by atoms with Crippen LogP contribution in [0, 0.1) is 17.0 Å². The number of benzene rings is 2. The van der Waals surface area contributed by atoms with E-state index < -0.39 is 14.9 Å². The first kappa shape index (κ1) is 17.0. The summed E-state index contributed by atoms with van der Waals surface area (Å²) in [4.78, 5) is 10.1. The molecule has 0 fully saturated rings. The van der Waals surface area contributed by atoms with Crippen molar-refractivity contribution in [1.29, 1.82) is 0 Å². The zero-order chi connectivity index (χ0) is 17.2. The Bertz CT molecular complexity index is 828. The SMILES string of the molecule is Cc1cccc(C(C)C)c1NS(=O)(=O)c1ccc([N+](=O)[O-])cc1. The van der Waals surface area contributed by atoms with Gasteiger partial charge in [0.05, 0.1) is 15.5 Å². The van der Waals surface area contributed by atoms with Crippen molar-refractivity contribution in [3.8, 4) is 0 Å². The van der Waals surface area contributed by atoms with Gasteiger partial charge in [-0.1, -0.05) is 32.0 Å². The summed E-state index contributed by atoms with van der Waals surface area (Å²) in [5, 5.41) is 10.7. The number of nitro benzene ring substituents is 1. The summed E-state index contributed by atoms with van der Waals surface area (Å²) in [6, 6.07) is 10.4. The molecule has 1 N–H and O–H groups in total. The number of anilines is 1. The van der Waals surface area contributed by atoms with Crippen molar-refractivity contribution >= 4 is 21.4 Å². The lowest BCUT2D eigenvalue weighted by Gasteiger charge is -2.17. The molecular weight excluding hydrogens is 316 g/mol. The molecule has 122 valence electrons. The molecule has 0 aliphatic carbocycles. The highest BCUT2D eigenvalue weighted by atomic mass is 32.2. The smallest absolute Gasteiger partial charge is 0.269 e. The fraction of sp³-hybridized carbons (Fsp3) is 0.250. The summed E-state index contributed by atoms with van der Waals surface area (Å²) in [6.45, 7) is 5.80. The van der Waals surface area contributed by atoms with Crippen LogP contribution in [0.1, 0.15) is 30.9 Å². The number of nitro groups is 1. The summed E-state index contributed by atoms with van der Waals surface area (Å²) >= 11 is 0. The summed E-state index contributed by atoms with van der Waals surface area (Å²) in [5.74, 6) is 0.157. The van der Waals surface area contributed by atoms with Crippen LogP contribution in [0.25, 0.3) is 0 Å². The zero-order valence-electron chi connectivity index (χ0n) is 13.1. The average Bonchev–Trinajstić information content (AvgIpc) is 2.49. The predicted molar refractivity (Wildman–Crippen MR) is 89.2 cm³/mol. The van der Waals surface area contributed by atoms with Gasteiger partial charge in [-0.2, -0.15) is 0 Å². The van der Waals surface area contributed by atoms with Crippen LogP contribution in [0.4, 0.5) is 11.4 Å². The maximum atomic E-state index is 12.5. The van der Waals surface area contributed by atoms with E-state index in [1.165, 1.54) is 24.3 Å². The third kappa shape index (κ3) is 3.68. The standard InChI is InChI=1S/C16H18N2O4S/c1-11(2)15-6-4-5-12(3)16(15)17-23(21,22)14-9-7-13(8-10-14)18(19)20/h4-11,17H,1-3H3. The Kier molecular flexibility index (Phi) is 4.70. The number of nitrogens with zero attached hydrogens (tertiary/aromatic N) is 1. The highest BCUT2D eigenvalue weighted by Crippen LogP contribution is 2.29. The number of rotatable bonds is 5. The van der Waals surface area contributed by atoms with Crippen molar-refractivity contribution in [3.63, 3.8) is 0 Å². The minimum absolute atomic E-state index is 0.0129. The average molecular weight is 334 g/mol. The Morgan fingerprint density at radius 1 is 1.09 bits per heavy atom. The second-order valence-corrected chi connectivity index (χ2v) is 7.23. The molecule has 0 aliphatic rings. The molecule has 2 aromatic rings. The summed E-state index contributed by atoms with van der Waals surface area (Å²) < 4.78 is 27.7. The number of sulfonamides is 1. The van der Waals surface area contributed by atoms with Crippen LogP contribution in [0.2, 0.25) is 0 Å². The second-order valence-electron chi connectivity index (χ2n) is 5.55. The monoisotopic (exact) mass is 334 g/mol. The largest absolute Gasteiger partial charge is 0.279 e. The van der Waals surface area contributed by atoms with E-state index in [9.17, 15) is 18.5 Å². The van der Waals surface area contributed by atoms with Crippen molar-refractivity contribution < 1.29 is 13.3 Å². The Labute approximate surface area is 135 Å². The van der Waals surface area contributed by atoms with Gasteiger partial charge in [-0.05, 0) is 36.1 Å². The fourth-order valence-electron chi connectivity index (χ4n) is 2.25. The van der Waals surface area contributed by atoms with Crippen LogP contribution in [-0.4, -0.2) is 13.3 Å². The Hall–Kier alpha value is -2.41. The van der Waals surface area contributed by atoms with E-state index in [1.807, 2.05) is 39.0 Å². The van der Waals surface area contributed by atoms with E-state index in [2.05, 4.69) is 4.72 Å². The zero-order valence-corrected chi connectivity index (χ0v) is 13.9. The van der Waals surface area contributed by atoms with Crippen molar-refractivity contribution in [2.45, 2.75) is 31.6 Å². The third-order valence-electron chi connectivity index (χ3n) is 3.52. The first-order valence-electron chi connectivity index (χ1n) is 7.09. The Morgan fingerprint density at radius 3 is 2.22 bits per heavy atom. The van der Waals surface area contributed by atoms with Gasteiger partial charge in [-0.3, -0.25) is 14.8 Å². The second kappa shape index (κ2) is 6.37. The molecule has 0 heterocycles. The van der Waals surface area contributed by atoms with Crippen LogP contribution in [-0.2, 0) is 10.0 Å². The van der Waals surface area contributed by atoms with Gasteiger partial charge >= 0.3 is 0 Å². The summed E-state index contributed by atoms with van der Waals surface area (Å²) in [6.07, 6.45) is 0. The van der Waals surface area contributed by atoms with Crippen LogP contribution < -0.4 is 4.72 Å². The number of aryl methyl sites for hydroxylation is 1. The minimum Gasteiger partial charge on any atom is -0.279 e. The van der Waals surface area contributed by atoms with Crippen LogP contribution in [0.15, 0.2) is 47.4 Å². The van der Waals surface area contributed by atoms with E-state index in [0.29, 0.717) is 5.69 Å². The molecule has 0 atom stereocenters. The Morgan fingerprint density at radius 2 is 1.70 bits per heavy atom. The van der Waals surface area contributed by atoms with Gasteiger partial charge in [0.2, 0.25) is 0 Å². The maximum Gasteiger partial charge on any atom is 0.269 e. The lowest BCUT2D eigenvalue weighted by molar-refractivity contribution is -0.384. The quantitative estimate of drug-likeness (QED) is 0.665. The molecule has 7 heteroatoms. The van der Waals surface area contributed by atoms with Crippen molar-refractivity contribution in [1.82, 2.24) is 0 Å². The topological polar surface area (TPSA) is 89.3 Å². The van der Waals surface area contributed by atoms with E-state index in [-0.39, 0.29) is 16.5 Å². The summed E-state index contributed by atoms with van der Waals surface area (Å²) in [5.41, 5.74) is 2.13. The molecule has 0 spiro atoms. The predicted octanol–water partition coefficient (Wildman–Crippen LogP) is 3.83. The first-order valence-corrected chi connectivity index (χ1v) is 8.57. The van der Waals surface area contributed by atoms with E-state index in [4.69, 9.17) is 0 Å². The molecule has 2 aromatic carbocycles. The molecule has 0 bridgehead atoms. The van der Waals surface area contributed by atoms with Crippen molar-refractivity contribution in [2.24, 2.45) is 0 Å². The molecule has 0 aliphatic heterocycles. The van der Waals surface area contributed by atoms with Gasteiger partial charge in [0, 0.05) is 12.1 Å². The van der Waals surface area contributed by atoms with Gasteiger partial charge in [0.15, 0.2) is 0 Å². The number of nitrogens with one attached hydrogen (secondary N) is 1. The number of para-hydroxylation sites is 1. The highest BCUT2D eigenvalue weighted by Gasteiger charge is 2.19. The van der Waals surface area contributed by atoms with E-state index in [1.54, 1.807) is 0 Å². The van der Waals surface area contributed by atoms with E-state index >= 15 is 0 Å². The van der Waals surface area contributed by atoms with Crippen LogP contribution in [0.3, 0.4) is 0 Å². The molecule has 2 rings (SSSR count). The third-order valence-corrected chi connectivity index (χ3v) is 4.89. The molecule has 0 saturated heterocycles. The molecule has 0 radical (unpaired) electrons. The molecule has 0 amide bonds. The number of hydrogen-bond acceptors (Lipinski definition) is 4. The maximum absolute atomic E-state index is 12.5. The van der Waals surface area contributed by atoms with Crippen molar-refractivity contribution in [3.05, 3.63) is 63.7 Å². The van der Waals surface area contributed by atoms with E-state index in [0.717, 1.165) is 11.1 Å². The molecule has 0 saturated carbocycles. The molecular formula is C16H18N2O4S. The van der Waals surface area contributed by atoms with Crippen LogP contribution in [0.5, 0.6) is 0 Å². The molecule has 0 unspecified atom stereocenters. The minimum atomic E-state index is -3.81. The van der Waals surface area contributed by atoms with Gasteiger partial charge in [0.25, 0.3) is 15.7 Å². The molecule has 0 aromatic heterocycles. The highest BCUT2D eigenvalue weighted by molar-refractivity contribution is 7.92. The Balaban J connectivity index is 2.41.